The third-order valence-electron chi connectivity index (χ3n) is 5.22. The highest BCUT2D eigenvalue weighted by atomic mass is 32.1. The number of hydrogen-bond donors (Lipinski definition) is 2. The van der Waals surface area contributed by atoms with Gasteiger partial charge < -0.3 is 19.8 Å². The number of anilines is 1. The van der Waals surface area contributed by atoms with Crippen molar-refractivity contribution in [2.75, 3.05) is 24.6 Å². The van der Waals surface area contributed by atoms with Crippen molar-refractivity contribution in [3.05, 3.63) is 17.8 Å². The minimum Gasteiger partial charge on any atom is -0.387 e. The van der Waals surface area contributed by atoms with Gasteiger partial charge in [0.15, 0.2) is 0 Å². The number of hydrogen-bond acceptors (Lipinski definition) is 7. The summed E-state index contributed by atoms with van der Waals surface area (Å²) in [5.41, 5.74) is -0.742. The Hall–Kier alpha value is -1.28. The van der Waals surface area contributed by atoms with Gasteiger partial charge in [-0.2, -0.15) is 0 Å². The summed E-state index contributed by atoms with van der Waals surface area (Å²) in [7, 11) is 0. The van der Waals surface area contributed by atoms with Gasteiger partial charge in [0.25, 0.3) is 0 Å². The smallest absolute Gasteiger partial charge is 0.150 e. The molecule has 1 spiro atoms. The minimum absolute atomic E-state index is 0.474. The Labute approximate surface area is 138 Å². The molecular formula is C16H21N3O3S. The molecule has 2 atom stereocenters. The predicted octanol–water partition coefficient (Wildman–Crippen LogP) is 1.56. The quantitative estimate of drug-likeness (QED) is 0.823. The van der Waals surface area contributed by atoms with Crippen molar-refractivity contribution in [3.8, 4) is 0 Å². The standard InChI is InChI=1S/C16H21N3O3S/c1-15(21)5-8-22-16(14(15)20)3-6-19(7-4-16)13-12-11(2-9-23-12)17-10-18-13/h2,9-10,14,20-21H,3-8H2,1H3/t14-,15+/m0/s1. The van der Waals surface area contributed by atoms with Gasteiger partial charge >= 0.3 is 0 Å². The molecule has 0 unspecified atom stereocenters. The number of thiophene rings is 1. The van der Waals surface area contributed by atoms with Gasteiger partial charge in [-0.1, -0.05) is 0 Å². The molecule has 7 heteroatoms. The van der Waals surface area contributed by atoms with Crippen LogP contribution in [0.1, 0.15) is 26.2 Å². The van der Waals surface area contributed by atoms with Crippen LogP contribution in [0.4, 0.5) is 5.82 Å². The van der Waals surface area contributed by atoms with E-state index in [1.165, 1.54) is 0 Å². The lowest BCUT2D eigenvalue weighted by molar-refractivity contribution is -0.239. The molecule has 0 aromatic carbocycles. The van der Waals surface area contributed by atoms with Gasteiger partial charge in [0, 0.05) is 19.5 Å². The number of aliphatic hydroxyl groups excluding tert-OH is 1. The van der Waals surface area contributed by atoms with Gasteiger partial charge in [-0.3, -0.25) is 0 Å². The van der Waals surface area contributed by atoms with Crippen LogP contribution < -0.4 is 4.90 Å². The van der Waals surface area contributed by atoms with Gasteiger partial charge in [0.2, 0.25) is 0 Å². The molecule has 4 heterocycles. The van der Waals surface area contributed by atoms with Crippen LogP contribution in [-0.4, -0.2) is 57.2 Å². The van der Waals surface area contributed by atoms with E-state index in [1.54, 1.807) is 24.6 Å². The van der Waals surface area contributed by atoms with Crippen LogP contribution in [0, 0.1) is 0 Å². The molecule has 0 saturated carbocycles. The maximum Gasteiger partial charge on any atom is 0.150 e. The third-order valence-corrected chi connectivity index (χ3v) is 6.12. The van der Waals surface area contributed by atoms with Crippen LogP contribution in [0.5, 0.6) is 0 Å². The Morgan fingerprint density at radius 1 is 1.30 bits per heavy atom. The van der Waals surface area contributed by atoms with E-state index in [0.29, 0.717) is 25.9 Å². The van der Waals surface area contributed by atoms with Crippen LogP contribution in [-0.2, 0) is 4.74 Å². The number of piperidine rings is 1. The zero-order valence-electron chi connectivity index (χ0n) is 13.1. The maximum atomic E-state index is 10.6. The molecule has 124 valence electrons. The second-order valence-corrected chi connectivity index (χ2v) is 7.66. The Kier molecular flexibility index (Phi) is 3.57. The van der Waals surface area contributed by atoms with E-state index in [4.69, 9.17) is 4.74 Å². The topological polar surface area (TPSA) is 78.7 Å². The molecule has 0 radical (unpaired) electrons. The Bertz CT molecular complexity index is 709. The maximum absolute atomic E-state index is 10.6. The molecular weight excluding hydrogens is 314 g/mol. The molecule has 0 bridgehead atoms. The second-order valence-electron chi connectivity index (χ2n) is 6.74. The molecule has 4 rings (SSSR count). The van der Waals surface area contributed by atoms with Crippen LogP contribution in [0.15, 0.2) is 17.8 Å². The van der Waals surface area contributed by atoms with E-state index in [9.17, 15) is 10.2 Å². The normalized spacial score (nSPS) is 30.9. The molecule has 2 fully saturated rings. The fourth-order valence-electron chi connectivity index (χ4n) is 3.76. The van der Waals surface area contributed by atoms with Crippen LogP contribution in [0.3, 0.4) is 0 Å². The summed E-state index contributed by atoms with van der Waals surface area (Å²) in [5.74, 6) is 0.955. The molecule has 6 nitrogen and oxygen atoms in total. The first-order valence-electron chi connectivity index (χ1n) is 7.99. The summed E-state index contributed by atoms with van der Waals surface area (Å²) < 4.78 is 7.04. The number of aromatic nitrogens is 2. The summed E-state index contributed by atoms with van der Waals surface area (Å²) in [6.45, 7) is 3.69. The van der Waals surface area contributed by atoms with Gasteiger partial charge in [0.05, 0.1) is 22.4 Å². The molecule has 0 amide bonds. The van der Waals surface area contributed by atoms with E-state index in [1.807, 2.05) is 11.4 Å². The molecule has 2 aromatic rings. The fourth-order valence-corrected chi connectivity index (χ4v) is 4.62. The van der Waals surface area contributed by atoms with Gasteiger partial charge in [-0.25, -0.2) is 9.97 Å². The molecule has 2 N–H and O–H groups in total. The zero-order chi connectivity index (χ0) is 16.1. The second kappa shape index (κ2) is 5.37. The molecule has 2 aliphatic rings. The van der Waals surface area contributed by atoms with Gasteiger partial charge in [-0.05, 0) is 31.2 Å². The molecule has 2 saturated heterocycles. The lowest BCUT2D eigenvalue weighted by Crippen LogP contribution is -2.64. The minimum atomic E-state index is -1.07. The lowest BCUT2D eigenvalue weighted by atomic mass is 9.75. The summed E-state index contributed by atoms with van der Waals surface area (Å²) in [6.07, 6.45) is 2.59. The first-order chi connectivity index (χ1) is 11.0. The van der Waals surface area contributed by atoms with E-state index in [0.717, 1.165) is 29.1 Å². The first kappa shape index (κ1) is 15.3. The summed E-state index contributed by atoms with van der Waals surface area (Å²) in [4.78, 5) is 11.0. The Balaban J connectivity index is 1.56. The largest absolute Gasteiger partial charge is 0.387 e. The zero-order valence-corrected chi connectivity index (χ0v) is 13.9. The van der Waals surface area contributed by atoms with Gasteiger partial charge in [0.1, 0.15) is 23.9 Å². The van der Waals surface area contributed by atoms with Crippen LogP contribution >= 0.6 is 11.3 Å². The Morgan fingerprint density at radius 2 is 2.09 bits per heavy atom. The van der Waals surface area contributed by atoms with Gasteiger partial charge in [-0.15, -0.1) is 11.3 Å². The molecule has 2 aromatic heterocycles. The van der Waals surface area contributed by atoms with Crippen molar-refractivity contribution in [2.45, 2.75) is 43.5 Å². The van der Waals surface area contributed by atoms with Crippen molar-refractivity contribution in [3.63, 3.8) is 0 Å². The number of fused-ring (bicyclic) bond motifs is 1. The monoisotopic (exact) mass is 335 g/mol. The van der Waals surface area contributed by atoms with E-state index in [-0.39, 0.29) is 0 Å². The van der Waals surface area contributed by atoms with Crippen molar-refractivity contribution < 1.29 is 14.9 Å². The van der Waals surface area contributed by atoms with Crippen molar-refractivity contribution >= 4 is 27.4 Å². The first-order valence-corrected chi connectivity index (χ1v) is 8.87. The highest BCUT2D eigenvalue weighted by Gasteiger charge is 2.52. The number of rotatable bonds is 1. The van der Waals surface area contributed by atoms with Crippen molar-refractivity contribution in [1.29, 1.82) is 0 Å². The number of aliphatic hydroxyl groups is 2. The van der Waals surface area contributed by atoms with Crippen LogP contribution in [0.25, 0.3) is 10.2 Å². The van der Waals surface area contributed by atoms with Crippen molar-refractivity contribution in [1.82, 2.24) is 9.97 Å². The van der Waals surface area contributed by atoms with Crippen molar-refractivity contribution in [2.24, 2.45) is 0 Å². The molecule has 23 heavy (non-hydrogen) atoms. The summed E-state index contributed by atoms with van der Waals surface area (Å²) >= 11 is 1.65. The summed E-state index contributed by atoms with van der Waals surface area (Å²) in [5, 5.41) is 23.0. The third kappa shape index (κ3) is 2.42. The highest BCUT2D eigenvalue weighted by molar-refractivity contribution is 7.17. The van der Waals surface area contributed by atoms with E-state index in [2.05, 4.69) is 14.9 Å². The number of nitrogens with zero attached hydrogens (tertiary/aromatic N) is 3. The Morgan fingerprint density at radius 3 is 2.87 bits per heavy atom. The van der Waals surface area contributed by atoms with Crippen LogP contribution in [0.2, 0.25) is 0 Å². The summed E-state index contributed by atoms with van der Waals surface area (Å²) in [6, 6.07) is 2.00. The number of ether oxygens (including phenoxy) is 1. The average Bonchev–Trinajstić information content (AvgIpc) is 3.02. The van der Waals surface area contributed by atoms with E-state index < -0.39 is 17.3 Å². The van der Waals surface area contributed by atoms with E-state index >= 15 is 0 Å². The fraction of sp³-hybridized carbons (Fsp3) is 0.625. The molecule has 2 aliphatic heterocycles. The molecule has 0 aliphatic carbocycles. The SMILES string of the molecule is C[C@@]1(O)CCOC2(CCN(c3ncnc4ccsc34)CC2)[C@H]1O. The average molecular weight is 335 g/mol. The predicted molar refractivity (Wildman–Crippen MR) is 88.8 cm³/mol. The lowest BCUT2D eigenvalue weighted by Gasteiger charge is -2.51. The highest BCUT2D eigenvalue weighted by Crippen LogP contribution is 2.41.